The van der Waals surface area contributed by atoms with Gasteiger partial charge in [-0.2, -0.15) is 0 Å². The molecule has 1 N–H and O–H groups in total. The molecule has 1 fully saturated rings. The Hall–Kier alpha value is -2.82. The third-order valence-electron chi connectivity index (χ3n) is 6.33. The van der Waals surface area contributed by atoms with Crippen molar-refractivity contribution >= 4 is 11.8 Å². The van der Waals surface area contributed by atoms with E-state index in [-0.39, 0.29) is 24.3 Å². The zero-order valence-electron chi connectivity index (χ0n) is 19.6. The quantitative estimate of drug-likeness (QED) is 0.614. The first-order chi connectivity index (χ1) is 15.5. The highest BCUT2D eigenvalue weighted by Crippen LogP contribution is 2.20. The van der Waals surface area contributed by atoms with Gasteiger partial charge in [-0.05, 0) is 49.4 Å². The summed E-state index contributed by atoms with van der Waals surface area (Å²) in [5, 5.41) is 3.23. The highest BCUT2D eigenvalue weighted by atomic mass is 16.5. The van der Waals surface area contributed by atoms with Gasteiger partial charge in [-0.3, -0.25) is 9.59 Å². The highest BCUT2D eigenvalue weighted by Gasteiger charge is 2.30. The Kier molecular flexibility index (Phi) is 8.72. The van der Waals surface area contributed by atoms with E-state index in [1.165, 1.54) is 6.42 Å². The normalized spacial score (nSPS) is 15.1. The van der Waals surface area contributed by atoms with Crippen LogP contribution in [-0.4, -0.2) is 35.9 Å². The van der Waals surface area contributed by atoms with Gasteiger partial charge in [0.25, 0.3) is 0 Å². The molecule has 32 heavy (non-hydrogen) atoms. The van der Waals surface area contributed by atoms with Gasteiger partial charge in [0.2, 0.25) is 11.8 Å². The molecule has 1 atom stereocenters. The Labute approximate surface area is 192 Å². The maximum Gasteiger partial charge on any atom is 0.243 e. The predicted octanol–water partition coefficient (Wildman–Crippen LogP) is 4.80. The van der Waals surface area contributed by atoms with Crippen molar-refractivity contribution in [2.24, 2.45) is 0 Å². The number of aryl methyl sites for hydroxylation is 1. The van der Waals surface area contributed by atoms with Crippen molar-refractivity contribution in [1.29, 1.82) is 0 Å². The van der Waals surface area contributed by atoms with Gasteiger partial charge in [0.15, 0.2) is 0 Å². The number of nitrogens with zero attached hydrogens (tertiary/aromatic N) is 1. The summed E-state index contributed by atoms with van der Waals surface area (Å²) in [5.41, 5.74) is 3.10. The number of nitrogens with one attached hydrogen (secondary N) is 1. The van der Waals surface area contributed by atoms with Crippen LogP contribution in [0.3, 0.4) is 0 Å². The van der Waals surface area contributed by atoms with Crippen LogP contribution >= 0.6 is 0 Å². The molecule has 172 valence electrons. The maximum absolute atomic E-state index is 13.4. The molecule has 0 aromatic heterocycles. The summed E-state index contributed by atoms with van der Waals surface area (Å²) in [6.07, 6.45) is 6.46. The first kappa shape index (κ1) is 23.8. The lowest BCUT2D eigenvalue weighted by molar-refractivity contribution is -0.141. The van der Waals surface area contributed by atoms with E-state index in [1.807, 2.05) is 62.4 Å². The van der Waals surface area contributed by atoms with Crippen LogP contribution in [0.1, 0.15) is 62.1 Å². The van der Waals surface area contributed by atoms with Crippen molar-refractivity contribution in [3.8, 4) is 5.75 Å². The lowest BCUT2D eigenvalue weighted by atomic mass is 9.95. The fourth-order valence-electron chi connectivity index (χ4n) is 4.37. The molecule has 5 nitrogen and oxygen atoms in total. The Morgan fingerprint density at radius 1 is 1.00 bits per heavy atom. The molecule has 0 bridgehead atoms. The molecule has 1 aliphatic carbocycles. The Balaban J connectivity index is 1.79. The van der Waals surface area contributed by atoms with Gasteiger partial charge in [0.05, 0.1) is 13.5 Å². The van der Waals surface area contributed by atoms with Crippen LogP contribution in [0.5, 0.6) is 5.75 Å². The SMILES string of the molecule is CCC(C(=O)NC1CCCCC1)N(Cc1ccc(OC)cc1)C(=O)Cc1ccc(C)cc1. The first-order valence-corrected chi connectivity index (χ1v) is 11.8. The molecular weight excluding hydrogens is 400 g/mol. The summed E-state index contributed by atoms with van der Waals surface area (Å²) in [4.78, 5) is 28.4. The zero-order chi connectivity index (χ0) is 22.9. The fourth-order valence-corrected chi connectivity index (χ4v) is 4.37. The minimum atomic E-state index is -0.489. The summed E-state index contributed by atoms with van der Waals surface area (Å²) >= 11 is 0. The largest absolute Gasteiger partial charge is 0.497 e. The number of carbonyl (C=O) groups is 2. The van der Waals surface area contributed by atoms with E-state index in [9.17, 15) is 9.59 Å². The molecule has 0 aliphatic heterocycles. The smallest absolute Gasteiger partial charge is 0.243 e. The second-order valence-corrected chi connectivity index (χ2v) is 8.80. The fraction of sp³-hybridized carbons (Fsp3) is 0.481. The second-order valence-electron chi connectivity index (χ2n) is 8.80. The Bertz CT molecular complexity index is 871. The minimum Gasteiger partial charge on any atom is -0.497 e. The van der Waals surface area contributed by atoms with Gasteiger partial charge >= 0.3 is 0 Å². The Morgan fingerprint density at radius 3 is 2.22 bits per heavy atom. The number of rotatable bonds is 9. The van der Waals surface area contributed by atoms with Crippen LogP contribution in [0, 0.1) is 6.92 Å². The minimum absolute atomic E-state index is 0.0321. The van der Waals surface area contributed by atoms with Gasteiger partial charge in [-0.1, -0.05) is 68.1 Å². The van der Waals surface area contributed by atoms with E-state index in [4.69, 9.17) is 4.74 Å². The number of hydrogen-bond acceptors (Lipinski definition) is 3. The van der Waals surface area contributed by atoms with Gasteiger partial charge in [-0.25, -0.2) is 0 Å². The molecule has 0 saturated heterocycles. The van der Waals surface area contributed by atoms with Crippen molar-refractivity contribution in [2.75, 3.05) is 7.11 Å². The third-order valence-corrected chi connectivity index (χ3v) is 6.33. The van der Waals surface area contributed by atoms with Crippen molar-refractivity contribution in [1.82, 2.24) is 10.2 Å². The van der Waals surface area contributed by atoms with Gasteiger partial charge in [-0.15, -0.1) is 0 Å². The molecule has 5 heteroatoms. The number of hydrogen-bond donors (Lipinski definition) is 1. The van der Waals surface area contributed by atoms with Crippen LogP contribution in [0.25, 0.3) is 0 Å². The molecule has 2 aromatic rings. The van der Waals surface area contributed by atoms with Crippen LogP contribution in [0.4, 0.5) is 0 Å². The van der Waals surface area contributed by atoms with Crippen molar-refractivity contribution < 1.29 is 14.3 Å². The number of amides is 2. The monoisotopic (exact) mass is 436 g/mol. The van der Waals surface area contributed by atoms with Crippen LogP contribution < -0.4 is 10.1 Å². The summed E-state index contributed by atoms with van der Waals surface area (Å²) in [6, 6.07) is 15.4. The van der Waals surface area contributed by atoms with E-state index in [0.717, 1.165) is 48.1 Å². The number of ether oxygens (including phenoxy) is 1. The van der Waals surface area contributed by atoms with E-state index in [2.05, 4.69) is 5.32 Å². The van der Waals surface area contributed by atoms with Crippen LogP contribution in [-0.2, 0) is 22.6 Å². The highest BCUT2D eigenvalue weighted by molar-refractivity contribution is 5.88. The third kappa shape index (κ3) is 6.59. The molecule has 1 unspecified atom stereocenters. The van der Waals surface area contributed by atoms with Crippen LogP contribution in [0.2, 0.25) is 0 Å². The molecule has 0 heterocycles. The maximum atomic E-state index is 13.4. The van der Waals surface area contributed by atoms with Crippen molar-refractivity contribution in [3.05, 3.63) is 65.2 Å². The van der Waals surface area contributed by atoms with Crippen molar-refractivity contribution in [3.63, 3.8) is 0 Å². The topological polar surface area (TPSA) is 58.6 Å². The lowest BCUT2D eigenvalue weighted by Gasteiger charge is -2.33. The molecular formula is C27H36N2O3. The molecule has 0 radical (unpaired) electrons. The summed E-state index contributed by atoms with van der Waals surface area (Å²) in [5.74, 6) is 0.703. The lowest BCUT2D eigenvalue weighted by Crippen LogP contribution is -2.51. The first-order valence-electron chi connectivity index (χ1n) is 11.8. The molecule has 1 aliphatic rings. The second kappa shape index (κ2) is 11.7. The standard InChI is InChI=1S/C27H36N2O3/c1-4-25(27(31)28-23-8-6-5-7-9-23)29(19-22-14-16-24(32-3)17-15-22)26(30)18-21-12-10-20(2)11-13-21/h10-17,23,25H,4-9,18-19H2,1-3H3,(H,28,31). The van der Waals surface area contributed by atoms with Gasteiger partial charge in [0, 0.05) is 12.6 Å². The molecule has 2 aromatic carbocycles. The molecule has 0 spiro atoms. The summed E-state index contributed by atoms with van der Waals surface area (Å²) in [6.45, 7) is 4.40. The number of carbonyl (C=O) groups excluding carboxylic acids is 2. The van der Waals surface area contributed by atoms with E-state index in [1.54, 1.807) is 12.0 Å². The Morgan fingerprint density at radius 2 is 1.62 bits per heavy atom. The molecule has 1 saturated carbocycles. The van der Waals surface area contributed by atoms with Gasteiger partial charge < -0.3 is 15.0 Å². The van der Waals surface area contributed by atoms with E-state index >= 15 is 0 Å². The van der Waals surface area contributed by atoms with Crippen molar-refractivity contribution in [2.45, 2.75) is 77.4 Å². The number of benzene rings is 2. The number of methoxy groups -OCH3 is 1. The average Bonchev–Trinajstić information content (AvgIpc) is 2.81. The summed E-state index contributed by atoms with van der Waals surface area (Å²) in [7, 11) is 1.63. The van der Waals surface area contributed by atoms with Gasteiger partial charge in [0.1, 0.15) is 11.8 Å². The van der Waals surface area contributed by atoms with Crippen LogP contribution in [0.15, 0.2) is 48.5 Å². The van der Waals surface area contributed by atoms with E-state index in [0.29, 0.717) is 13.0 Å². The molecule has 3 rings (SSSR count). The summed E-state index contributed by atoms with van der Waals surface area (Å²) < 4.78 is 5.26. The molecule has 2 amide bonds. The average molecular weight is 437 g/mol. The predicted molar refractivity (Wildman–Crippen MR) is 128 cm³/mol. The zero-order valence-corrected chi connectivity index (χ0v) is 19.6. The van der Waals surface area contributed by atoms with E-state index < -0.39 is 6.04 Å².